The molecule has 1 saturated carbocycles. The fourth-order valence-electron chi connectivity index (χ4n) is 2.25. The second kappa shape index (κ2) is 4.61. The van der Waals surface area contributed by atoms with E-state index < -0.39 is 0 Å². The largest absolute Gasteiger partial charge is 0.347 e. The molecule has 0 aliphatic heterocycles. The van der Waals surface area contributed by atoms with Gasteiger partial charge in [0.05, 0.1) is 12.7 Å². The predicted molar refractivity (Wildman–Crippen MR) is 71.3 cm³/mol. The van der Waals surface area contributed by atoms with Crippen molar-refractivity contribution in [2.45, 2.75) is 38.9 Å². The summed E-state index contributed by atoms with van der Waals surface area (Å²) >= 11 is 0. The lowest BCUT2D eigenvalue weighted by molar-refractivity contribution is 0.678. The molecule has 4 heteroatoms. The van der Waals surface area contributed by atoms with Crippen LogP contribution in [0.2, 0.25) is 0 Å². The van der Waals surface area contributed by atoms with Crippen LogP contribution >= 0.6 is 0 Å². The van der Waals surface area contributed by atoms with E-state index >= 15 is 0 Å². The lowest BCUT2D eigenvalue weighted by atomic mass is 10.2. The molecule has 1 aliphatic carbocycles. The molecule has 18 heavy (non-hydrogen) atoms. The number of hydrogen-bond acceptors (Lipinski definition) is 2. The van der Waals surface area contributed by atoms with Gasteiger partial charge >= 0.3 is 0 Å². The molecule has 1 N–H and O–H groups in total. The highest BCUT2D eigenvalue weighted by Gasteiger charge is 2.20. The molecule has 0 radical (unpaired) electrons. The zero-order valence-corrected chi connectivity index (χ0v) is 11.1. The summed E-state index contributed by atoms with van der Waals surface area (Å²) in [6.07, 6.45) is 8.86. The first-order valence-electron chi connectivity index (χ1n) is 6.58. The Hall–Kier alpha value is -1.55. The fourth-order valence-corrected chi connectivity index (χ4v) is 2.25. The first-order chi connectivity index (χ1) is 8.72. The van der Waals surface area contributed by atoms with Crippen molar-refractivity contribution in [1.29, 1.82) is 0 Å². The Balaban J connectivity index is 1.68. The summed E-state index contributed by atoms with van der Waals surface area (Å²) in [7, 11) is 1.96. The zero-order valence-electron chi connectivity index (χ0n) is 11.1. The van der Waals surface area contributed by atoms with E-state index in [4.69, 9.17) is 0 Å². The van der Waals surface area contributed by atoms with E-state index in [1.54, 1.807) is 0 Å². The van der Waals surface area contributed by atoms with Crippen molar-refractivity contribution in [2.24, 2.45) is 7.05 Å². The lowest BCUT2D eigenvalue weighted by Crippen LogP contribution is -2.15. The van der Waals surface area contributed by atoms with Gasteiger partial charge < -0.3 is 9.88 Å². The van der Waals surface area contributed by atoms with Crippen LogP contribution in [0.25, 0.3) is 0 Å². The molecule has 0 spiro atoms. The van der Waals surface area contributed by atoms with Crippen LogP contribution in [0.15, 0.2) is 24.7 Å². The van der Waals surface area contributed by atoms with Crippen LogP contribution in [-0.2, 0) is 20.1 Å². The van der Waals surface area contributed by atoms with Gasteiger partial charge in [-0.15, -0.1) is 0 Å². The monoisotopic (exact) mass is 244 g/mol. The minimum absolute atomic E-state index is 0.770. The quantitative estimate of drug-likeness (QED) is 0.871. The molecule has 0 unspecified atom stereocenters. The molecule has 0 saturated heterocycles. The molecule has 2 aromatic heterocycles. The van der Waals surface area contributed by atoms with Gasteiger partial charge in [0.15, 0.2) is 0 Å². The second-order valence-corrected chi connectivity index (χ2v) is 5.23. The minimum atomic E-state index is 0.770. The molecule has 2 heterocycles. The van der Waals surface area contributed by atoms with Gasteiger partial charge in [-0.05, 0) is 31.4 Å². The summed E-state index contributed by atoms with van der Waals surface area (Å²) in [6, 6.07) is 2.99. The molecule has 2 aromatic rings. The van der Waals surface area contributed by atoms with Crippen molar-refractivity contribution in [3.05, 3.63) is 41.5 Å². The third-order valence-corrected chi connectivity index (χ3v) is 3.62. The van der Waals surface area contributed by atoms with Crippen molar-refractivity contribution in [3.63, 3.8) is 0 Å². The molecule has 3 rings (SSSR count). The maximum absolute atomic E-state index is 4.21. The Morgan fingerprint density at radius 2 is 2.28 bits per heavy atom. The predicted octanol–water partition coefficient (Wildman–Crippen LogP) is 1.83. The van der Waals surface area contributed by atoms with E-state index in [0.29, 0.717) is 0 Å². The van der Waals surface area contributed by atoms with Crippen molar-refractivity contribution in [2.75, 3.05) is 0 Å². The average molecular weight is 244 g/mol. The van der Waals surface area contributed by atoms with E-state index in [2.05, 4.69) is 40.4 Å². The van der Waals surface area contributed by atoms with Crippen molar-refractivity contribution in [3.8, 4) is 0 Å². The third-order valence-electron chi connectivity index (χ3n) is 3.62. The maximum Gasteiger partial charge on any atom is 0.0539 e. The smallest absolute Gasteiger partial charge is 0.0539 e. The van der Waals surface area contributed by atoms with Crippen molar-refractivity contribution >= 4 is 0 Å². The standard InChI is InChI=1S/C14H20N4/c1-11-13(8-15-14-3-4-14)5-6-18(11)10-12-7-16-17(2)9-12/h5-7,9,14-15H,3-4,8,10H2,1-2H3. The molecule has 1 fully saturated rings. The van der Waals surface area contributed by atoms with Crippen LogP contribution in [-0.4, -0.2) is 20.4 Å². The Morgan fingerprint density at radius 3 is 2.94 bits per heavy atom. The number of rotatable bonds is 5. The molecular formula is C14H20N4. The van der Waals surface area contributed by atoms with Gasteiger partial charge in [-0.2, -0.15) is 5.10 Å². The summed E-state index contributed by atoms with van der Waals surface area (Å²) in [4.78, 5) is 0. The summed E-state index contributed by atoms with van der Waals surface area (Å²) in [5.74, 6) is 0. The summed E-state index contributed by atoms with van der Waals surface area (Å²) in [5.41, 5.74) is 4.01. The molecule has 0 atom stereocenters. The maximum atomic E-state index is 4.21. The Labute approximate surface area is 108 Å². The number of nitrogens with zero attached hydrogens (tertiary/aromatic N) is 3. The van der Waals surface area contributed by atoms with E-state index in [-0.39, 0.29) is 0 Å². The first-order valence-corrected chi connectivity index (χ1v) is 6.58. The number of aromatic nitrogens is 3. The van der Waals surface area contributed by atoms with Gasteiger partial charge in [0, 0.05) is 43.3 Å². The lowest BCUT2D eigenvalue weighted by Gasteiger charge is -2.07. The summed E-state index contributed by atoms with van der Waals surface area (Å²) in [5, 5.41) is 7.77. The topological polar surface area (TPSA) is 34.8 Å². The normalized spacial score (nSPS) is 15.2. The van der Waals surface area contributed by atoms with Gasteiger partial charge in [0.1, 0.15) is 0 Å². The van der Waals surface area contributed by atoms with Gasteiger partial charge in [-0.1, -0.05) is 0 Å². The van der Waals surface area contributed by atoms with Crippen molar-refractivity contribution in [1.82, 2.24) is 19.7 Å². The van der Waals surface area contributed by atoms with Gasteiger partial charge in [0.2, 0.25) is 0 Å². The number of aryl methyl sites for hydroxylation is 1. The average Bonchev–Trinajstić information content (AvgIpc) is 3.01. The minimum Gasteiger partial charge on any atom is -0.347 e. The summed E-state index contributed by atoms with van der Waals surface area (Å²) < 4.78 is 4.14. The number of nitrogens with one attached hydrogen (secondary N) is 1. The highest BCUT2D eigenvalue weighted by molar-refractivity contribution is 5.22. The molecule has 0 aromatic carbocycles. The van der Waals surface area contributed by atoms with E-state index in [1.807, 2.05) is 17.9 Å². The highest BCUT2D eigenvalue weighted by atomic mass is 15.2. The Morgan fingerprint density at radius 1 is 1.44 bits per heavy atom. The van der Waals surface area contributed by atoms with Crippen LogP contribution < -0.4 is 5.32 Å². The van der Waals surface area contributed by atoms with E-state index in [9.17, 15) is 0 Å². The second-order valence-electron chi connectivity index (χ2n) is 5.23. The molecule has 0 amide bonds. The Bertz CT molecular complexity index is 534. The van der Waals surface area contributed by atoms with Gasteiger partial charge in [0.25, 0.3) is 0 Å². The molecule has 1 aliphatic rings. The van der Waals surface area contributed by atoms with Crippen LogP contribution in [0.5, 0.6) is 0 Å². The summed E-state index contributed by atoms with van der Waals surface area (Å²) in [6.45, 7) is 4.10. The van der Waals surface area contributed by atoms with Crippen LogP contribution in [0, 0.1) is 6.92 Å². The highest BCUT2D eigenvalue weighted by Crippen LogP contribution is 2.20. The van der Waals surface area contributed by atoms with Crippen LogP contribution in [0.3, 0.4) is 0 Å². The SMILES string of the molecule is Cc1c(CNC2CC2)ccn1Cc1cnn(C)c1. The van der Waals surface area contributed by atoms with Crippen LogP contribution in [0.1, 0.15) is 29.7 Å². The molecule has 96 valence electrons. The molecule has 0 bridgehead atoms. The molecule has 4 nitrogen and oxygen atoms in total. The molecular weight excluding hydrogens is 224 g/mol. The fraction of sp³-hybridized carbons (Fsp3) is 0.500. The third kappa shape index (κ3) is 2.48. The van der Waals surface area contributed by atoms with Gasteiger partial charge in [-0.25, -0.2) is 0 Å². The zero-order chi connectivity index (χ0) is 12.5. The van der Waals surface area contributed by atoms with Crippen molar-refractivity contribution < 1.29 is 0 Å². The van der Waals surface area contributed by atoms with E-state index in [1.165, 1.54) is 29.7 Å². The van der Waals surface area contributed by atoms with E-state index in [0.717, 1.165) is 19.1 Å². The number of hydrogen-bond donors (Lipinski definition) is 1. The first kappa shape index (κ1) is 11.5. The Kier molecular flexibility index (Phi) is 2.96. The van der Waals surface area contributed by atoms with Gasteiger partial charge in [-0.3, -0.25) is 4.68 Å². The van der Waals surface area contributed by atoms with Crippen LogP contribution in [0.4, 0.5) is 0 Å².